The van der Waals surface area contributed by atoms with Gasteiger partial charge in [0.2, 0.25) is 0 Å². The predicted molar refractivity (Wildman–Crippen MR) is 84.8 cm³/mol. The molecule has 0 amide bonds. The van der Waals surface area contributed by atoms with Crippen molar-refractivity contribution < 1.29 is 13.9 Å². The Kier molecular flexibility index (Phi) is 5.37. The number of benzene rings is 2. The van der Waals surface area contributed by atoms with E-state index in [-0.39, 0.29) is 16.4 Å². The summed E-state index contributed by atoms with van der Waals surface area (Å²) >= 11 is 9.29. The number of hydrogen-bond acceptors (Lipinski definition) is 2. The summed E-state index contributed by atoms with van der Waals surface area (Å²) < 4.78 is 19.3. The van der Waals surface area contributed by atoms with E-state index in [0.29, 0.717) is 22.4 Å². The van der Waals surface area contributed by atoms with Crippen molar-refractivity contribution in [2.75, 3.05) is 6.61 Å². The minimum atomic E-state index is -0.471. The van der Waals surface area contributed by atoms with Crippen molar-refractivity contribution >= 4 is 33.3 Å². The summed E-state index contributed by atoms with van der Waals surface area (Å²) in [5.74, 6) is -0.0533. The molecule has 0 heterocycles. The maximum absolute atomic E-state index is 13.0. The highest BCUT2D eigenvalue weighted by Crippen LogP contribution is 2.28. The van der Waals surface area contributed by atoms with E-state index in [1.807, 2.05) is 6.92 Å². The zero-order chi connectivity index (χ0) is 15.4. The fraction of sp³-hybridized carbons (Fsp3) is 0.188. The standard InChI is InChI=1S/C16H13BrClFO2/c1-2-7-21-15-6-3-10(8-13(15)17)16(20)12-5-4-11(19)9-14(12)18/h3-6,8-9H,2,7H2,1H3. The quantitative estimate of drug-likeness (QED) is 0.670. The summed E-state index contributed by atoms with van der Waals surface area (Å²) in [6.07, 6.45) is 0.901. The van der Waals surface area contributed by atoms with E-state index in [1.54, 1.807) is 18.2 Å². The molecule has 0 aromatic heterocycles. The van der Waals surface area contributed by atoms with Gasteiger partial charge < -0.3 is 4.74 Å². The van der Waals surface area contributed by atoms with Crippen LogP contribution in [0.2, 0.25) is 5.02 Å². The molecule has 0 saturated carbocycles. The van der Waals surface area contributed by atoms with Crippen LogP contribution in [0.4, 0.5) is 4.39 Å². The van der Waals surface area contributed by atoms with Crippen LogP contribution in [0.3, 0.4) is 0 Å². The van der Waals surface area contributed by atoms with E-state index in [2.05, 4.69) is 15.9 Å². The van der Waals surface area contributed by atoms with Gasteiger partial charge in [-0.25, -0.2) is 4.39 Å². The molecule has 2 rings (SSSR count). The number of carbonyl (C=O) groups excluding carboxylic acids is 1. The Morgan fingerprint density at radius 1 is 1.29 bits per heavy atom. The van der Waals surface area contributed by atoms with Gasteiger partial charge in [-0.15, -0.1) is 0 Å². The van der Waals surface area contributed by atoms with Gasteiger partial charge in [-0.1, -0.05) is 18.5 Å². The van der Waals surface area contributed by atoms with Gasteiger partial charge in [0.1, 0.15) is 11.6 Å². The van der Waals surface area contributed by atoms with E-state index in [4.69, 9.17) is 16.3 Å². The molecule has 2 nitrogen and oxygen atoms in total. The Morgan fingerprint density at radius 3 is 2.67 bits per heavy atom. The van der Waals surface area contributed by atoms with Crippen LogP contribution < -0.4 is 4.74 Å². The van der Waals surface area contributed by atoms with Gasteiger partial charge >= 0.3 is 0 Å². The van der Waals surface area contributed by atoms with Gasteiger partial charge in [-0.2, -0.15) is 0 Å². The molecule has 0 bridgehead atoms. The molecule has 110 valence electrons. The summed E-state index contributed by atoms with van der Waals surface area (Å²) in [6.45, 7) is 2.62. The Hall–Kier alpha value is -1.39. The largest absolute Gasteiger partial charge is 0.492 e. The van der Waals surface area contributed by atoms with E-state index in [0.717, 1.165) is 12.5 Å². The van der Waals surface area contributed by atoms with Crippen molar-refractivity contribution in [3.05, 3.63) is 62.8 Å². The first-order valence-corrected chi connectivity index (χ1v) is 7.62. The second-order valence-electron chi connectivity index (χ2n) is 4.45. The average Bonchev–Trinajstić information content (AvgIpc) is 2.45. The highest BCUT2D eigenvalue weighted by Gasteiger charge is 2.15. The number of hydrogen-bond donors (Lipinski definition) is 0. The molecule has 0 unspecified atom stereocenters. The summed E-state index contributed by atoms with van der Waals surface area (Å²) in [4.78, 5) is 12.4. The van der Waals surface area contributed by atoms with Gasteiger partial charge in [-0.05, 0) is 58.7 Å². The zero-order valence-corrected chi connectivity index (χ0v) is 13.7. The smallest absolute Gasteiger partial charge is 0.194 e. The van der Waals surface area contributed by atoms with Gasteiger partial charge in [-0.3, -0.25) is 4.79 Å². The number of carbonyl (C=O) groups is 1. The number of halogens is 3. The van der Waals surface area contributed by atoms with Crippen LogP contribution in [-0.2, 0) is 0 Å². The SMILES string of the molecule is CCCOc1ccc(C(=O)c2ccc(F)cc2Cl)cc1Br. The monoisotopic (exact) mass is 370 g/mol. The summed E-state index contributed by atoms with van der Waals surface area (Å²) in [7, 11) is 0. The third-order valence-electron chi connectivity index (χ3n) is 2.83. The van der Waals surface area contributed by atoms with Crippen LogP contribution in [-0.4, -0.2) is 12.4 Å². The van der Waals surface area contributed by atoms with Crippen molar-refractivity contribution in [1.82, 2.24) is 0 Å². The lowest BCUT2D eigenvalue weighted by Gasteiger charge is -2.09. The van der Waals surface area contributed by atoms with E-state index in [9.17, 15) is 9.18 Å². The number of rotatable bonds is 5. The van der Waals surface area contributed by atoms with Crippen molar-refractivity contribution in [3.63, 3.8) is 0 Å². The van der Waals surface area contributed by atoms with Crippen LogP contribution in [0.5, 0.6) is 5.75 Å². The second kappa shape index (κ2) is 7.05. The molecular weight excluding hydrogens is 359 g/mol. The normalized spacial score (nSPS) is 10.5. The molecule has 2 aromatic carbocycles. The summed E-state index contributed by atoms with van der Waals surface area (Å²) in [5, 5.41) is 0.0995. The van der Waals surface area contributed by atoms with E-state index >= 15 is 0 Å². The molecule has 21 heavy (non-hydrogen) atoms. The maximum atomic E-state index is 13.0. The van der Waals surface area contributed by atoms with Gasteiger partial charge in [0, 0.05) is 11.1 Å². The Labute approximate surface area is 136 Å². The fourth-order valence-corrected chi connectivity index (χ4v) is 2.55. The Balaban J connectivity index is 2.29. The minimum Gasteiger partial charge on any atom is -0.492 e. The Morgan fingerprint density at radius 2 is 2.05 bits per heavy atom. The molecule has 0 N–H and O–H groups in total. The molecule has 0 aliphatic rings. The highest BCUT2D eigenvalue weighted by molar-refractivity contribution is 9.10. The highest BCUT2D eigenvalue weighted by atomic mass is 79.9. The molecule has 2 aromatic rings. The molecule has 5 heteroatoms. The lowest BCUT2D eigenvalue weighted by atomic mass is 10.0. The minimum absolute atomic E-state index is 0.0995. The summed E-state index contributed by atoms with van der Waals surface area (Å²) in [5.41, 5.74) is 0.728. The third-order valence-corrected chi connectivity index (χ3v) is 3.76. The van der Waals surface area contributed by atoms with Crippen LogP contribution in [0.25, 0.3) is 0 Å². The molecule has 0 aliphatic carbocycles. The lowest BCUT2D eigenvalue weighted by molar-refractivity contribution is 0.103. The zero-order valence-electron chi connectivity index (χ0n) is 11.3. The van der Waals surface area contributed by atoms with Crippen LogP contribution >= 0.6 is 27.5 Å². The third kappa shape index (κ3) is 3.83. The van der Waals surface area contributed by atoms with Crippen molar-refractivity contribution in [3.8, 4) is 5.75 Å². The fourth-order valence-electron chi connectivity index (χ4n) is 1.80. The molecular formula is C16H13BrClFO2. The van der Waals surface area contributed by atoms with Crippen molar-refractivity contribution in [1.29, 1.82) is 0 Å². The van der Waals surface area contributed by atoms with E-state index < -0.39 is 5.82 Å². The van der Waals surface area contributed by atoms with E-state index in [1.165, 1.54) is 12.1 Å². The average molecular weight is 372 g/mol. The molecule has 0 saturated heterocycles. The molecule has 0 fully saturated rings. The predicted octanol–water partition coefficient (Wildman–Crippen LogP) is 5.26. The molecule has 0 atom stereocenters. The molecule has 0 radical (unpaired) electrons. The van der Waals surface area contributed by atoms with Crippen LogP contribution in [0.1, 0.15) is 29.3 Å². The maximum Gasteiger partial charge on any atom is 0.194 e. The van der Waals surface area contributed by atoms with Gasteiger partial charge in [0.25, 0.3) is 0 Å². The topological polar surface area (TPSA) is 26.3 Å². The molecule has 0 aliphatic heterocycles. The van der Waals surface area contributed by atoms with Crippen molar-refractivity contribution in [2.24, 2.45) is 0 Å². The first-order valence-electron chi connectivity index (χ1n) is 6.45. The number of ketones is 1. The molecule has 0 spiro atoms. The number of ether oxygens (including phenoxy) is 1. The first-order chi connectivity index (χ1) is 10.0. The van der Waals surface area contributed by atoms with Gasteiger partial charge in [0.15, 0.2) is 5.78 Å². The van der Waals surface area contributed by atoms with Crippen LogP contribution in [0.15, 0.2) is 40.9 Å². The van der Waals surface area contributed by atoms with Gasteiger partial charge in [0.05, 0.1) is 16.1 Å². The Bertz CT molecular complexity index is 673. The second-order valence-corrected chi connectivity index (χ2v) is 5.71. The summed E-state index contributed by atoms with van der Waals surface area (Å²) in [6, 6.07) is 8.79. The van der Waals surface area contributed by atoms with Crippen molar-refractivity contribution in [2.45, 2.75) is 13.3 Å². The first kappa shape index (κ1) is 16.0. The lowest BCUT2D eigenvalue weighted by Crippen LogP contribution is -2.03. The van der Waals surface area contributed by atoms with Crippen LogP contribution in [0, 0.1) is 5.82 Å².